The fraction of sp³-hybridized carbons (Fsp3) is 0.857. The van der Waals surface area contributed by atoms with Gasteiger partial charge in [-0.2, -0.15) is 0 Å². The second-order valence-corrected chi connectivity index (χ2v) is 11.4. The monoisotopic (exact) mass is 538 g/mol. The molecule has 0 saturated carbocycles. The van der Waals surface area contributed by atoms with Crippen molar-refractivity contribution in [2.45, 2.75) is 105 Å². The Kier molecular flexibility index (Phi) is 15.5. The zero-order valence-corrected chi connectivity index (χ0v) is 25.2. The molecule has 38 heavy (non-hydrogen) atoms. The number of likely N-dealkylation sites (tertiary alicyclic amines) is 2. The van der Waals surface area contributed by atoms with E-state index < -0.39 is 0 Å². The van der Waals surface area contributed by atoms with Gasteiger partial charge in [0.25, 0.3) is 0 Å². The van der Waals surface area contributed by atoms with E-state index in [9.17, 15) is 19.2 Å². The van der Waals surface area contributed by atoms with Crippen molar-refractivity contribution in [1.82, 2.24) is 30.2 Å². The Labute approximate surface area is 230 Å². The predicted octanol–water partition coefficient (Wildman–Crippen LogP) is 1.69. The lowest BCUT2D eigenvalue weighted by molar-refractivity contribution is -0.133. The van der Waals surface area contributed by atoms with Crippen LogP contribution >= 0.6 is 0 Å². The molecule has 0 aliphatic carbocycles. The molecule has 4 amide bonds. The molecular formula is C28H54N6O4. The van der Waals surface area contributed by atoms with Crippen LogP contribution in [0.3, 0.4) is 0 Å². The van der Waals surface area contributed by atoms with E-state index in [1.165, 1.54) is 0 Å². The summed E-state index contributed by atoms with van der Waals surface area (Å²) in [6, 6.07) is 1.88. The van der Waals surface area contributed by atoms with Gasteiger partial charge in [0.05, 0.1) is 13.1 Å². The molecule has 2 rings (SSSR count). The van der Waals surface area contributed by atoms with Crippen molar-refractivity contribution < 1.29 is 19.2 Å². The number of carbonyl (C=O) groups excluding carboxylic acids is 4. The quantitative estimate of drug-likeness (QED) is 0.349. The predicted molar refractivity (Wildman–Crippen MR) is 152 cm³/mol. The first-order chi connectivity index (χ1) is 17.8. The lowest BCUT2D eigenvalue weighted by atomic mass is 10.2. The first-order valence-electron chi connectivity index (χ1n) is 14.4. The third-order valence-electron chi connectivity index (χ3n) is 7.05. The highest BCUT2D eigenvalue weighted by Gasteiger charge is 2.23. The molecule has 2 fully saturated rings. The van der Waals surface area contributed by atoms with Crippen LogP contribution in [0.4, 0.5) is 0 Å². The van der Waals surface area contributed by atoms with Gasteiger partial charge in [0.1, 0.15) is 0 Å². The third-order valence-corrected chi connectivity index (χ3v) is 7.05. The molecule has 220 valence electrons. The summed E-state index contributed by atoms with van der Waals surface area (Å²) in [6.45, 7) is 22.1. The molecule has 0 aromatic rings. The van der Waals surface area contributed by atoms with E-state index in [0.29, 0.717) is 50.1 Å². The highest BCUT2D eigenvalue weighted by molar-refractivity contribution is 5.86. The van der Waals surface area contributed by atoms with Gasteiger partial charge in [-0.25, -0.2) is 0 Å². The molecule has 0 spiro atoms. The van der Waals surface area contributed by atoms with Gasteiger partial charge >= 0.3 is 0 Å². The van der Waals surface area contributed by atoms with Crippen LogP contribution in [-0.2, 0) is 19.2 Å². The molecule has 0 unspecified atom stereocenters. The van der Waals surface area contributed by atoms with Gasteiger partial charge in [-0.1, -0.05) is 0 Å². The smallest absolute Gasteiger partial charge is 0.239 e. The summed E-state index contributed by atoms with van der Waals surface area (Å²) in [5.74, 6) is 0.0905. The maximum Gasteiger partial charge on any atom is 0.239 e. The van der Waals surface area contributed by atoms with Gasteiger partial charge in [0.15, 0.2) is 0 Å². The number of carbonyl (C=O) groups is 4. The fourth-order valence-corrected chi connectivity index (χ4v) is 5.08. The van der Waals surface area contributed by atoms with E-state index >= 15 is 0 Å². The average molecular weight is 539 g/mol. The summed E-state index contributed by atoms with van der Waals surface area (Å²) in [7, 11) is 0. The molecular weight excluding hydrogens is 484 g/mol. The maximum atomic E-state index is 11.7. The molecule has 2 saturated heterocycles. The summed E-state index contributed by atoms with van der Waals surface area (Å²) < 4.78 is 0. The molecule has 0 atom stereocenters. The lowest BCUT2D eigenvalue weighted by Gasteiger charge is -2.30. The van der Waals surface area contributed by atoms with E-state index in [1.807, 2.05) is 0 Å². The van der Waals surface area contributed by atoms with Crippen molar-refractivity contribution in [2.24, 2.45) is 0 Å². The Hall–Kier alpha value is -2.20. The number of hydrogen-bond donors (Lipinski definition) is 2. The average Bonchev–Trinajstić information content (AvgIpc) is 3.41. The highest BCUT2D eigenvalue weighted by atomic mass is 16.2. The standard InChI is InChI=1S/2C14H27N3O2/c2*1-11(2)17(12(3)4)9-7-15-13(18)10-16-8-5-6-14(16)19/h2*11-12H,5-10H2,1-4H3,(H,15,18). The highest BCUT2D eigenvalue weighted by Crippen LogP contribution is 2.09. The van der Waals surface area contributed by atoms with Crippen molar-refractivity contribution in [1.29, 1.82) is 0 Å². The number of rotatable bonds is 14. The molecule has 2 heterocycles. The van der Waals surface area contributed by atoms with Gasteiger partial charge in [-0.15, -0.1) is 0 Å². The minimum atomic E-state index is -0.0530. The number of nitrogens with one attached hydrogen (secondary N) is 2. The van der Waals surface area contributed by atoms with Crippen molar-refractivity contribution in [2.75, 3.05) is 52.4 Å². The van der Waals surface area contributed by atoms with E-state index in [1.54, 1.807) is 9.80 Å². The number of nitrogens with zero attached hydrogens (tertiary/aromatic N) is 4. The van der Waals surface area contributed by atoms with Gasteiger partial charge in [0.2, 0.25) is 23.6 Å². The van der Waals surface area contributed by atoms with Crippen LogP contribution in [0.15, 0.2) is 0 Å². The molecule has 0 aromatic heterocycles. The normalized spacial score (nSPS) is 15.9. The molecule has 2 aliphatic rings. The molecule has 10 nitrogen and oxygen atoms in total. The van der Waals surface area contributed by atoms with Gasteiger partial charge in [0, 0.05) is 76.3 Å². The Morgan fingerprint density at radius 3 is 1.21 bits per heavy atom. The van der Waals surface area contributed by atoms with Crippen LogP contribution in [0.1, 0.15) is 81.1 Å². The lowest BCUT2D eigenvalue weighted by Crippen LogP contribution is -2.44. The first kappa shape index (κ1) is 33.8. The van der Waals surface area contributed by atoms with E-state index in [4.69, 9.17) is 0 Å². The van der Waals surface area contributed by atoms with Gasteiger partial charge < -0.3 is 20.4 Å². The Morgan fingerprint density at radius 2 is 0.974 bits per heavy atom. The SMILES string of the molecule is CC(C)N(CCNC(=O)CN1CCCC1=O)C(C)C.CC(C)N(CCNC(=O)CN1CCCC1=O)C(C)C. The zero-order chi connectivity index (χ0) is 28.8. The van der Waals surface area contributed by atoms with Gasteiger partial charge in [-0.05, 0) is 68.2 Å². The van der Waals surface area contributed by atoms with Crippen molar-refractivity contribution in [3.63, 3.8) is 0 Å². The zero-order valence-electron chi connectivity index (χ0n) is 25.2. The Balaban J connectivity index is 0.000000380. The molecule has 2 aliphatic heterocycles. The van der Waals surface area contributed by atoms with Crippen LogP contribution < -0.4 is 10.6 Å². The topological polar surface area (TPSA) is 105 Å². The molecule has 2 N–H and O–H groups in total. The number of amides is 4. The molecule has 0 radical (unpaired) electrons. The van der Waals surface area contributed by atoms with E-state index in [-0.39, 0.29) is 36.7 Å². The Morgan fingerprint density at radius 1 is 0.658 bits per heavy atom. The summed E-state index contributed by atoms with van der Waals surface area (Å²) in [4.78, 5) is 54.2. The van der Waals surface area contributed by atoms with Crippen molar-refractivity contribution in [3.05, 3.63) is 0 Å². The van der Waals surface area contributed by atoms with E-state index in [2.05, 4.69) is 75.8 Å². The largest absolute Gasteiger partial charge is 0.353 e. The second kappa shape index (κ2) is 17.4. The molecule has 0 bridgehead atoms. The first-order valence-corrected chi connectivity index (χ1v) is 14.4. The van der Waals surface area contributed by atoms with Crippen molar-refractivity contribution >= 4 is 23.6 Å². The summed E-state index contributed by atoms with van der Waals surface area (Å²) in [5, 5.41) is 5.79. The van der Waals surface area contributed by atoms with Crippen LogP contribution in [0, 0.1) is 0 Å². The minimum Gasteiger partial charge on any atom is -0.353 e. The molecule has 10 heteroatoms. The van der Waals surface area contributed by atoms with Crippen molar-refractivity contribution in [3.8, 4) is 0 Å². The Bertz CT molecular complexity index is 678. The maximum absolute atomic E-state index is 11.7. The third kappa shape index (κ3) is 12.6. The fourth-order valence-electron chi connectivity index (χ4n) is 5.08. The van der Waals surface area contributed by atoms with Crippen LogP contribution in [0.5, 0.6) is 0 Å². The van der Waals surface area contributed by atoms with Crippen LogP contribution in [-0.4, -0.2) is 120 Å². The summed E-state index contributed by atoms with van der Waals surface area (Å²) in [6.07, 6.45) is 2.92. The number of hydrogen-bond acceptors (Lipinski definition) is 6. The molecule has 0 aromatic carbocycles. The second-order valence-electron chi connectivity index (χ2n) is 11.4. The minimum absolute atomic E-state index is 0.0530. The van der Waals surface area contributed by atoms with Crippen LogP contribution in [0.2, 0.25) is 0 Å². The van der Waals surface area contributed by atoms with Crippen LogP contribution in [0.25, 0.3) is 0 Å². The van der Waals surface area contributed by atoms with Gasteiger partial charge in [-0.3, -0.25) is 29.0 Å². The summed E-state index contributed by atoms with van der Waals surface area (Å²) in [5.41, 5.74) is 0. The summed E-state index contributed by atoms with van der Waals surface area (Å²) >= 11 is 0. The van der Waals surface area contributed by atoms with E-state index in [0.717, 1.165) is 39.0 Å².